The average molecular weight is 743 g/mol. The Kier molecular flexibility index (Phi) is 16.7. The molecule has 5 rings (SSSR count). The first-order chi connectivity index (χ1) is 23.7. The van der Waals surface area contributed by atoms with E-state index in [9.17, 15) is 39.6 Å². The number of rotatable bonds is 11. The number of aliphatic carboxylic acids is 2. The summed E-state index contributed by atoms with van der Waals surface area (Å²) >= 11 is 0. The molecule has 0 saturated carbocycles. The summed E-state index contributed by atoms with van der Waals surface area (Å²) < 4.78 is 6.04. The number of hydrogen-bond acceptors (Lipinski definition) is 20. The molecule has 266 valence electrons. The van der Waals surface area contributed by atoms with E-state index in [1.807, 2.05) is 4.90 Å². The van der Waals surface area contributed by atoms with Crippen molar-refractivity contribution < 1.29 is 104 Å². The third-order valence-electron chi connectivity index (χ3n) is 7.23. The Bertz CT molecular complexity index is 1920. The molecule has 0 radical (unpaired) electrons. The van der Waals surface area contributed by atoms with E-state index >= 15 is 0 Å². The Morgan fingerprint density at radius 3 is 2.25 bits per heavy atom. The minimum Gasteiger partial charge on any atom is -0.550 e. The molecule has 1 saturated heterocycles. The number of aromatic nitrogens is 7. The molecule has 22 nitrogen and oxygen atoms in total. The van der Waals surface area contributed by atoms with E-state index in [1.165, 1.54) is 12.1 Å². The predicted octanol–water partition coefficient (Wildman–Crippen LogP) is -11.6. The van der Waals surface area contributed by atoms with Crippen LogP contribution in [0, 0.1) is 0 Å². The van der Waals surface area contributed by atoms with E-state index in [2.05, 4.69) is 35.2 Å². The van der Waals surface area contributed by atoms with Crippen LogP contribution in [0.2, 0.25) is 0 Å². The van der Waals surface area contributed by atoms with Crippen molar-refractivity contribution in [3.05, 3.63) is 58.5 Å². The SMILES string of the molecule is CN(Cc1cnc2nc(N)nc(N)c2n1)c1ccc(C(=O)N[C@@H](CCC(=O)[O-])C(=O)[O-])cc1.Nc1ncn([C@@H]2O[C@H](CO)[C@@H](O)[C@H]2O)c(=O)n1.[Na+].[Na+]. The number of fused-ring (bicyclic) bond motifs is 1. The zero-order valence-electron chi connectivity index (χ0n) is 28.2. The van der Waals surface area contributed by atoms with Crippen LogP contribution in [0.5, 0.6) is 0 Å². The molecule has 1 aromatic carbocycles. The maximum atomic E-state index is 12.3. The minimum atomic E-state index is -1.58. The molecule has 0 bridgehead atoms. The van der Waals surface area contributed by atoms with E-state index in [1.54, 1.807) is 25.4 Å². The summed E-state index contributed by atoms with van der Waals surface area (Å²) in [7, 11) is 1.80. The molecule has 1 aliphatic rings. The number of carbonyl (C=O) groups excluding carboxylic acids is 3. The van der Waals surface area contributed by atoms with Gasteiger partial charge in [0.25, 0.3) is 5.91 Å². The average Bonchev–Trinajstić information content (AvgIpc) is 3.35. The summed E-state index contributed by atoms with van der Waals surface area (Å²) in [6.45, 7) is -0.117. The van der Waals surface area contributed by atoms with Gasteiger partial charge in [-0.25, -0.2) is 19.7 Å². The smallest absolute Gasteiger partial charge is 0.550 e. The van der Waals surface area contributed by atoms with E-state index in [0.29, 0.717) is 17.8 Å². The van der Waals surface area contributed by atoms with Gasteiger partial charge in [0.1, 0.15) is 24.6 Å². The number of nitrogens with two attached hydrogens (primary N) is 3. The number of hydrogen-bond donors (Lipinski definition) is 7. The number of anilines is 4. The van der Waals surface area contributed by atoms with Gasteiger partial charge in [0, 0.05) is 24.3 Å². The van der Waals surface area contributed by atoms with Crippen molar-refractivity contribution in [2.45, 2.75) is 50.0 Å². The van der Waals surface area contributed by atoms with Gasteiger partial charge < -0.3 is 67.3 Å². The summed E-state index contributed by atoms with van der Waals surface area (Å²) in [5.41, 5.74) is 18.0. The molecule has 52 heavy (non-hydrogen) atoms. The number of nitrogens with zero attached hydrogens (tertiary/aromatic N) is 8. The van der Waals surface area contributed by atoms with Crippen LogP contribution in [0.4, 0.5) is 23.4 Å². The first kappa shape index (κ1) is 44.1. The number of nitrogen functional groups attached to an aromatic ring is 3. The third kappa shape index (κ3) is 11.2. The van der Waals surface area contributed by atoms with Crippen molar-refractivity contribution in [1.82, 2.24) is 39.8 Å². The maximum absolute atomic E-state index is 12.3. The molecule has 1 amide bonds. The Labute approximate surface area is 338 Å². The predicted molar refractivity (Wildman–Crippen MR) is 167 cm³/mol. The summed E-state index contributed by atoms with van der Waals surface area (Å²) in [4.78, 5) is 70.8. The quantitative estimate of drug-likeness (QED) is 0.0701. The molecule has 0 aliphatic carbocycles. The number of benzene rings is 1. The van der Waals surface area contributed by atoms with E-state index in [4.69, 9.17) is 27.0 Å². The normalized spacial score (nSPS) is 18.2. The fraction of sp³-hybridized carbons (Fsp3) is 0.357. The maximum Gasteiger partial charge on any atom is 1.00 e. The minimum absolute atomic E-state index is 0. The van der Waals surface area contributed by atoms with Gasteiger partial charge >= 0.3 is 64.8 Å². The number of aliphatic hydroxyl groups is 3. The first-order valence-corrected chi connectivity index (χ1v) is 14.6. The van der Waals surface area contributed by atoms with Crippen molar-refractivity contribution in [3.63, 3.8) is 0 Å². The van der Waals surface area contributed by atoms with Crippen LogP contribution in [0.1, 0.15) is 35.1 Å². The molecule has 3 aromatic heterocycles. The van der Waals surface area contributed by atoms with Crippen LogP contribution in [-0.2, 0) is 20.9 Å². The summed E-state index contributed by atoms with van der Waals surface area (Å²) in [5.74, 6) is -3.73. The molecule has 4 aromatic rings. The number of aliphatic hydroxyl groups excluding tert-OH is 3. The van der Waals surface area contributed by atoms with Crippen molar-refractivity contribution in [2.75, 3.05) is 35.8 Å². The molecule has 1 fully saturated rings. The van der Waals surface area contributed by atoms with Crippen molar-refractivity contribution in [3.8, 4) is 0 Å². The number of carbonyl (C=O) groups is 3. The molecular formula is C28H32N12Na2O10. The molecule has 0 spiro atoms. The van der Waals surface area contributed by atoms with Crippen LogP contribution < -0.4 is 102 Å². The first-order valence-electron chi connectivity index (χ1n) is 14.6. The molecule has 1 aliphatic heterocycles. The van der Waals surface area contributed by atoms with Crippen LogP contribution in [0.15, 0.2) is 41.6 Å². The Morgan fingerprint density at radius 1 is 1.00 bits per heavy atom. The second-order valence-corrected chi connectivity index (χ2v) is 10.8. The summed E-state index contributed by atoms with van der Waals surface area (Å²) in [6.07, 6.45) is -3.00. The number of amides is 1. The van der Waals surface area contributed by atoms with Crippen molar-refractivity contribution >= 4 is 52.4 Å². The van der Waals surface area contributed by atoms with Gasteiger partial charge in [-0.05, 0) is 37.1 Å². The van der Waals surface area contributed by atoms with Crippen molar-refractivity contribution in [2.24, 2.45) is 0 Å². The van der Waals surface area contributed by atoms with Gasteiger partial charge in [-0.1, -0.05) is 0 Å². The van der Waals surface area contributed by atoms with Gasteiger partial charge in [0.2, 0.25) is 11.9 Å². The summed E-state index contributed by atoms with van der Waals surface area (Å²) in [5, 5.41) is 52.0. The molecular weight excluding hydrogens is 710 g/mol. The standard InChI is InChI=1S/C20H22N8O5.C8H12N4O5.2Na/c1-28(9-11-8-23-17-15(24-11)16(21)26-20(22)27-17)12-4-2-10(3-5-12)18(31)25-13(19(32)33)6-7-14(29)30;9-7-10-2-12(8(16)11-7)6-5(15)4(14)3(1-13)17-6;;/h2-5,8,13H,6-7,9H2,1H3,(H,25,31)(H,29,30)(H,32,33)(H4,21,22,23,26,27);2-6,13-15H,1H2,(H2,9,11,16);;/q;;2*+1/p-2/t13-;3-,4-,5-,6-;;/m01../s1. The molecule has 4 heterocycles. The van der Waals surface area contributed by atoms with Crippen LogP contribution in [0.25, 0.3) is 11.2 Å². The van der Waals surface area contributed by atoms with Gasteiger partial charge in [-0.15, -0.1) is 0 Å². The third-order valence-corrected chi connectivity index (χ3v) is 7.23. The van der Waals surface area contributed by atoms with Gasteiger partial charge in [-0.3, -0.25) is 9.36 Å². The zero-order valence-corrected chi connectivity index (χ0v) is 32.2. The number of nitrogens with one attached hydrogen (secondary N) is 1. The largest absolute Gasteiger partial charge is 1.00 e. The number of carboxylic acids is 2. The molecule has 5 atom stereocenters. The topological polar surface area (TPSA) is 360 Å². The fourth-order valence-electron chi connectivity index (χ4n) is 4.65. The van der Waals surface area contributed by atoms with Crippen LogP contribution >= 0.6 is 0 Å². The zero-order chi connectivity index (χ0) is 36.7. The van der Waals surface area contributed by atoms with Crippen LogP contribution in [-0.4, -0.2) is 106 Å². The van der Waals surface area contributed by atoms with Crippen molar-refractivity contribution in [1.29, 1.82) is 0 Å². The Balaban J connectivity index is 0.000000416. The van der Waals surface area contributed by atoms with E-state index in [0.717, 1.165) is 16.6 Å². The van der Waals surface area contributed by atoms with E-state index in [-0.39, 0.29) is 94.5 Å². The number of carboxylic acid groups (broad SMARTS) is 2. The van der Waals surface area contributed by atoms with Gasteiger partial charge in [-0.2, -0.15) is 15.0 Å². The molecule has 10 N–H and O–H groups in total. The Hall–Kier alpha value is -4.10. The fourth-order valence-corrected chi connectivity index (χ4v) is 4.65. The molecule has 0 unspecified atom stereocenters. The molecule has 24 heteroatoms. The van der Waals surface area contributed by atoms with Gasteiger partial charge in [0.05, 0.1) is 37.1 Å². The monoisotopic (exact) mass is 742 g/mol. The second-order valence-electron chi connectivity index (χ2n) is 10.8. The number of ether oxygens (including phenoxy) is 1. The van der Waals surface area contributed by atoms with Crippen LogP contribution in [0.3, 0.4) is 0 Å². The summed E-state index contributed by atoms with van der Waals surface area (Å²) in [6, 6.07) is 4.89. The Morgan fingerprint density at radius 2 is 1.67 bits per heavy atom. The van der Waals surface area contributed by atoms with E-state index < -0.39 is 67.1 Å². The second kappa shape index (κ2) is 19.7. The van der Waals surface area contributed by atoms with Gasteiger partial charge in [0.15, 0.2) is 23.2 Å².